The molecule has 0 fully saturated rings. The third kappa shape index (κ3) is 41.9. The van der Waals surface area contributed by atoms with Crippen molar-refractivity contribution < 1.29 is 67.5 Å². The van der Waals surface area contributed by atoms with Crippen LogP contribution in [0.3, 0.4) is 0 Å². The Kier molecular flexibility index (Phi) is 42.4. The summed E-state index contributed by atoms with van der Waals surface area (Å²) in [4.78, 5) is 94.5. The molecule has 68 heavy (non-hydrogen) atoms. The van der Waals surface area contributed by atoms with Gasteiger partial charge < -0.3 is 61.5 Å². The Balaban J connectivity index is 3.67. The molecule has 0 aliphatic heterocycles. The minimum Gasteiger partial charge on any atom is -0.481 e. The summed E-state index contributed by atoms with van der Waals surface area (Å²) in [5.74, 6) is -3.27. The molecular formula is C48H88N6O14. The van der Waals surface area contributed by atoms with Crippen LogP contribution in [0.1, 0.15) is 162 Å². The van der Waals surface area contributed by atoms with Gasteiger partial charge in [-0.25, -0.2) is 4.79 Å². The molecular weight excluding hydrogens is 885 g/mol. The summed E-state index contributed by atoms with van der Waals surface area (Å²) in [6, 6.07) is -1.57. The number of ketones is 1. The van der Waals surface area contributed by atoms with Gasteiger partial charge in [-0.1, -0.05) is 84.5 Å². The highest BCUT2D eigenvalue weighted by atomic mass is 16.5. The largest absolute Gasteiger partial charge is 0.481 e. The monoisotopic (exact) mass is 973 g/mol. The number of carboxylic acid groups (broad SMARTS) is 2. The summed E-state index contributed by atoms with van der Waals surface area (Å²) < 4.78 is 21.4. The lowest BCUT2D eigenvalue weighted by atomic mass is 10.0. The number of nitrogens with one attached hydrogen (secondary N) is 5. The molecule has 0 unspecified atom stereocenters. The van der Waals surface area contributed by atoms with Crippen molar-refractivity contribution >= 4 is 47.3 Å². The normalized spacial score (nSPS) is 12.4. The molecule has 20 heteroatoms. The van der Waals surface area contributed by atoms with Gasteiger partial charge in [0.2, 0.25) is 29.5 Å². The molecule has 9 N–H and O–H groups in total. The van der Waals surface area contributed by atoms with Crippen molar-refractivity contribution in [2.75, 3.05) is 79.0 Å². The van der Waals surface area contributed by atoms with E-state index in [0.717, 1.165) is 77.0 Å². The summed E-state index contributed by atoms with van der Waals surface area (Å²) in [5.41, 5.74) is 5.83. The maximum Gasteiger partial charge on any atom is 0.326 e. The van der Waals surface area contributed by atoms with Gasteiger partial charge in [0, 0.05) is 57.8 Å². The number of carbonyl (C=O) groups excluding carboxylic acids is 6. The maximum absolute atomic E-state index is 12.3. The molecule has 0 bridgehead atoms. The molecule has 0 aromatic heterocycles. The number of carbonyl (C=O) groups is 8. The van der Waals surface area contributed by atoms with Crippen LogP contribution < -0.4 is 32.3 Å². The Morgan fingerprint density at radius 2 is 0.926 bits per heavy atom. The van der Waals surface area contributed by atoms with Crippen molar-refractivity contribution in [2.24, 2.45) is 11.7 Å². The number of amides is 5. The van der Waals surface area contributed by atoms with Gasteiger partial charge in [-0.15, -0.1) is 0 Å². The van der Waals surface area contributed by atoms with Gasteiger partial charge in [0.25, 0.3) is 0 Å². The Hall–Kier alpha value is -4.24. The van der Waals surface area contributed by atoms with E-state index < -0.39 is 24.0 Å². The second-order valence-electron chi connectivity index (χ2n) is 17.1. The topological polar surface area (TPSA) is 300 Å². The zero-order valence-electron chi connectivity index (χ0n) is 41.4. The smallest absolute Gasteiger partial charge is 0.326 e. The summed E-state index contributed by atoms with van der Waals surface area (Å²) >= 11 is 0. The van der Waals surface area contributed by atoms with E-state index >= 15 is 0 Å². The minimum atomic E-state index is -1.19. The van der Waals surface area contributed by atoms with Crippen LogP contribution in [0.4, 0.5) is 0 Å². The van der Waals surface area contributed by atoms with Crippen molar-refractivity contribution in [3.8, 4) is 0 Å². The number of rotatable bonds is 49. The number of nitrogens with two attached hydrogens (primary N) is 1. The lowest BCUT2D eigenvalue weighted by molar-refractivity contribution is -0.142. The zero-order valence-corrected chi connectivity index (χ0v) is 41.4. The first kappa shape index (κ1) is 63.8. The third-order valence-electron chi connectivity index (χ3n) is 11.0. The van der Waals surface area contributed by atoms with E-state index in [2.05, 4.69) is 26.6 Å². The zero-order chi connectivity index (χ0) is 50.5. The van der Waals surface area contributed by atoms with Gasteiger partial charge in [0.1, 0.15) is 25.0 Å². The summed E-state index contributed by atoms with van der Waals surface area (Å²) in [7, 11) is 0. The first-order valence-electron chi connectivity index (χ1n) is 25.2. The number of aliphatic carboxylic acids is 2. The average molecular weight is 973 g/mol. The molecule has 0 spiro atoms. The summed E-state index contributed by atoms with van der Waals surface area (Å²) in [6.45, 7) is 6.16. The van der Waals surface area contributed by atoms with E-state index in [-0.39, 0.29) is 133 Å². The van der Waals surface area contributed by atoms with Crippen LogP contribution in [-0.4, -0.2) is 149 Å². The number of carboxylic acids is 2. The van der Waals surface area contributed by atoms with E-state index in [0.29, 0.717) is 38.8 Å². The SMILES string of the molecule is CCC(=O)[C@@H](N)CCCCNC(=O)[C@@H](C)CCCCNC(=O)COCCOCCNC(=O)COCCOCCNC(=O)CC[C@H](NC(=O)CCCCCCCCCCCCCCC(=O)O)C(=O)O. The van der Waals surface area contributed by atoms with Gasteiger partial charge in [-0.2, -0.15) is 0 Å². The molecule has 20 nitrogen and oxygen atoms in total. The van der Waals surface area contributed by atoms with Crippen molar-refractivity contribution in [1.29, 1.82) is 0 Å². The molecule has 0 aromatic carbocycles. The summed E-state index contributed by atoms with van der Waals surface area (Å²) in [5, 5.41) is 31.7. The molecule has 0 saturated carbocycles. The van der Waals surface area contributed by atoms with Gasteiger partial charge in [0.15, 0.2) is 0 Å². The fourth-order valence-electron chi connectivity index (χ4n) is 6.85. The lowest BCUT2D eigenvalue weighted by Crippen LogP contribution is -2.41. The third-order valence-corrected chi connectivity index (χ3v) is 11.0. The number of hydrogen-bond acceptors (Lipinski definition) is 13. The van der Waals surface area contributed by atoms with Crippen LogP contribution in [0.2, 0.25) is 0 Å². The van der Waals surface area contributed by atoms with E-state index in [9.17, 15) is 43.5 Å². The Morgan fingerprint density at radius 1 is 0.471 bits per heavy atom. The first-order chi connectivity index (χ1) is 32.8. The maximum atomic E-state index is 12.3. The highest BCUT2D eigenvalue weighted by molar-refractivity contribution is 5.84. The second-order valence-corrected chi connectivity index (χ2v) is 17.1. The Labute approximate surface area is 404 Å². The second kappa shape index (κ2) is 45.2. The number of unbranched alkanes of at least 4 members (excludes halogenated alkanes) is 13. The predicted molar refractivity (Wildman–Crippen MR) is 257 cm³/mol. The molecule has 0 aliphatic carbocycles. The Bertz CT molecular complexity index is 1390. The number of hydrogen-bond donors (Lipinski definition) is 8. The first-order valence-corrected chi connectivity index (χ1v) is 25.2. The Morgan fingerprint density at radius 3 is 1.44 bits per heavy atom. The summed E-state index contributed by atoms with van der Waals surface area (Å²) in [6.07, 6.45) is 17.5. The van der Waals surface area contributed by atoms with Crippen LogP contribution in [0.25, 0.3) is 0 Å². The molecule has 394 valence electrons. The highest BCUT2D eigenvalue weighted by Gasteiger charge is 2.21. The fraction of sp³-hybridized carbons (Fsp3) is 0.833. The minimum absolute atomic E-state index is 0.00429. The van der Waals surface area contributed by atoms with E-state index in [1.165, 1.54) is 19.3 Å². The van der Waals surface area contributed by atoms with Gasteiger partial charge in [0.05, 0.1) is 45.7 Å². The molecule has 3 atom stereocenters. The van der Waals surface area contributed by atoms with Gasteiger partial charge in [-0.3, -0.25) is 33.6 Å². The van der Waals surface area contributed by atoms with Crippen molar-refractivity contribution in [3.05, 3.63) is 0 Å². The highest BCUT2D eigenvalue weighted by Crippen LogP contribution is 2.13. The molecule has 0 aliphatic rings. The van der Waals surface area contributed by atoms with Gasteiger partial charge in [-0.05, 0) is 51.4 Å². The molecule has 0 saturated heterocycles. The standard InChI is InChI=1S/C48H88N6O14/c1-3-41(55)39(49)21-17-19-27-53-47(62)38(2)20-16-18-26-50-44(58)36-67-34-33-66-31-29-52-45(59)37-68-35-32-65-30-28-51-42(56)25-24-40(48(63)64)54-43(57)22-14-12-10-8-6-4-5-7-9-11-13-15-23-46(60)61/h38-40H,3-37,49H2,1-2H3,(H,50,58)(H,51,56)(H,52,59)(H,53,62)(H,54,57)(H,60,61)(H,63,64)/t38-,39-,40-/m0/s1. The quantitative estimate of drug-likeness (QED) is 0.0404. The van der Waals surface area contributed by atoms with Gasteiger partial charge >= 0.3 is 11.9 Å². The number of Topliss-reactive ketones (excluding diaryl/α,β-unsaturated/α-hetero) is 1. The fourth-order valence-corrected chi connectivity index (χ4v) is 6.85. The van der Waals surface area contributed by atoms with Crippen LogP contribution in [0.15, 0.2) is 0 Å². The number of ether oxygens (including phenoxy) is 4. The van der Waals surface area contributed by atoms with E-state index in [1.807, 2.05) is 6.92 Å². The average Bonchev–Trinajstić information content (AvgIpc) is 3.30. The predicted octanol–water partition coefficient (Wildman–Crippen LogP) is 3.70. The lowest BCUT2D eigenvalue weighted by Gasteiger charge is -2.14. The van der Waals surface area contributed by atoms with Crippen molar-refractivity contribution in [1.82, 2.24) is 26.6 Å². The van der Waals surface area contributed by atoms with Crippen molar-refractivity contribution in [3.63, 3.8) is 0 Å². The molecule has 0 radical (unpaired) electrons. The van der Waals surface area contributed by atoms with Crippen molar-refractivity contribution in [2.45, 2.75) is 174 Å². The van der Waals surface area contributed by atoms with Crippen LogP contribution in [-0.2, 0) is 57.3 Å². The molecule has 0 aromatic rings. The molecule has 0 heterocycles. The molecule has 5 amide bonds. The van der Waals surface area contributed by atoms with Crippen LogP contribution >= 0.6 is 0 Å². The van der Waals surface area contributed by atoms with E-state index in [4.69, 9.17) is 29.8 Å². The van der Waals surface area contributed by atoms with Crippen LogP contribution in [0.5, 0.6) is 0 Å². The van der Waals surface area contributed by atoms with E-state index in [1.54, 1.807) is 6.92 Å². The van der Waals surface area contributed by atoms with Crippen LogP contribution in [0, 0.1) is 5.92 Å². The molecule has 0 rings (SSSR count).